The highest BCUT2D eigenvalue weighted by Crippen LogP contribution is 2.30. The molecule has 0 bridgehead atoms. The van der Waals surface area contributed by atoms with Crippen molar-refractivity contribution < 1.29 is 14.4 Å². The molecule has 9 heteroatoms. The van der Waals surface area contributed by atoms with Gasteiger partial charge in [-0.3, -0.25) is 10.1 Å². The van der Waals surface area contributed by atoms with Crippen LogP contribution in [0.3, 0.4) is 0 Å². The molecule has 1 aliphatic heterocycles. The number of nitrogens with zero attached hydrogens (tertiary/aromatic N) is 3. The van der Waals surface area contributed by atoms with Gasteiger partial charge in [0.15, 0.2) is 0 Å². The molecule has 19 heavy (non-hydrogen) atoms. The summed E-state index contributed by atoms with van der Waals surface area (Å²) in [6.45, 7) is 2.57. The van der Waals surface area contributed by atoms with Crippen LogP contribution in [-0.2, 0) is 4.74 Å². The Labute approximate surface area is 109 Å². The van der Waals surface area contributed by atoms with Crippen LogP contribution in [0.1, 0.15) is 0 Å². The van der Waals surface area contributed by atoms with E-state index in [-0.39, 0.29) is 23.5 Å². The lowest BCUT2D eigenvalue weighted by molar-refractivity contribution is -0.385. The van der Waals surface area contributed by atoms with Gasteiger partial charge in [-0.2, -0.15) is 4.98 Å². The first-order chi connectivity index (χ1) is 9.22. The molecule has 1 fully saturated rings. The second-order valence-electron chi connectivity index (χ2n) is 3.92. The Hall–Kier alpha value is -2.00. The molecule has 9 nitrogen and oxygen atoms in total. The number of nitrogens with one attached hydrogen (secondary N) is 2. The molecule has 104 valence electrons. The van der Waals surface area contributed by atoms with Crippen LogP contribution in [0.15, 0.2) is 6.33 Å². The molecule has 2 N–H and O–H groups in total. The van der Waals surface area contributed by atoms with Crippen molar-refractivity contribution in [1.82, 2.24) is 15.3 Å². The first kappa shape index (κ1) is 13.4. The van der Waals surface area contributed by atoms with Gasteiger partial charge in [0, 0.05) is 19.6 Å². The number of morpholine rings is 1. The Bertz CT molecular complexity index is 450. The molecular weight excluding hydrogens is 254 g/mol. The molecule has 0 saturated carbocycles. The minimum Gasteiger partial charge on any atom is -0.476 e. The second-order valence-corrected chi connectivity index (χ2v) is 3.92. The molecule has 1 aromatic heterocycles. The SMILES string of the molecule is COc1ncnc(NCC2CNCCO2)c1[N+](=O)[O-]. The van der Waals surface area contributed by atoms with Gasteiger partial charge in [-0.1, -0.05) is 0 Å². The van der Waals surface area contributed by atoms with E-state index >= 15 is 0 Å². The van der Waals surface area contributed by atoms with Gasteiger partial charge in [-0.15, -0.1) is 0 Å². The van der Waals surface area contributed by atoms with E-state index in [0.29, 0.717) is 19.7 Å². The third kappa shape index (κ3) is 3.26. The maximum Gasteiger partial charge on any atom is 0.372 e. The van der Waals surface area contributed by atoms with Crippen LogP contribution in [0.25, 0.3) is 0 Å². The molecular formula is C10H15N5O4. The number of aromatic nitrogens is 2. The summed E-state index contributed by atoms with van der Waals surface area (Å²) >= 11 is 0. The average Bonchev–Trinajstić information content (AvgIpc) is 2.45. The Morgan fingerprint density at radius 3 is 3.16 bits per heavy atom. The van der Waals surface area contributed by atoms with E-state index in [4.69, 9.17) is 9.47 Å². The summed E-state index contributed by atoms with van der Waals surface area (Å²) in [6, 6.07) is 0. The number of nitro groups is 1. The van der Waals surface area contributed by atoms with Gasteiger partial charge in [0.2, 0.25) is 5.82 Å². The van der Waals surface area contributed by atoms with Crippen LogP contribution >= 0.6 is 0 Å². The topological polar surface area (TPSA) is 111 Å². The zero-order valence-corrected chi connectivity index (χ0v) is 10.5. The molecule has 0 amide bonds. The summed E-state index contributed by atoms with van der Waals surface area (Å²) in [5.74, 6) is 0.0659. The number of methoxy groups -OCH3 is 1. The normalized spacial score (nSPS) is 18.9. The van der Waals surface area contributed by atoms with Crippen molar-refractivity contribution >= 4 is 11.5 Å². The first-order valence-electron chi connectivity index (χ1n) is 5.82. The standard InChI is InChI=1S/C10H15N5O4/c1-18-10-8(15(16)17)9(13-6-14-10)12-5-7-4-11-2-3-19-7/h6-7,11H,2-5H2,1H3,(H,12,13,14). The summed E-state index contributed by atoms with van der Waals surface area (Å²) in [7, 11) is 1.33. The van der Waals surface area contributed by atoms with E-state index in [9.17, 15) is 10.1 Å². The van der Waals surface area contributed by atoms with Crippen molar-refractivity contribution in [3.05, 3.63) is 16.4 Å². The first-order valence-corrected chi connectivity index (χ1v) is 5.82. The van der Waals surface area contributed by atoms with Crippen LogP contribution in [0.5, 0.6) is 5.88 Å². The maximum atomic E-state index is 11.0. The molecule has 1 aliphatic rings. The number of anilines is 1. The molecule has 1 atom stereocenters. The second kappa shape index (κ2) is 6.25. The molecule has 0 aromatic carbocycles. The lowest BCUT2D eigenvalue weighted by atomic mass is 10.3. The fraction of sp³-hybridized carbons (Fsp3) is 0.600. The zero-order valence-electron chi connectivity index (χ0n) is 10.5. The van der Waals surface area contributed by atoms with Gasteiger partial charge in [0.25, 0.3) is 5.88 Å². The van der Waals surface area contributed by atoms with Gasteiger partial charge in [0.05, 0.1) is 24.7 Å². The Morgan fingerprint density at radius 2 is 2.53 bits per heavy atom. The quantitative estimate of drug-likeness (QED) is 0.558. The van der Waals surface area contributed by atoms with Crippen LogP contribution < -0.4 is 15.4 Å². The molecule has 1 saturated heterocycles. The van der Waals surface area contributed by atoms with Crippen LogP contribution in [0.4, 0.5) is 11.5 Å². The predicted molar refractivity (Wildman–Crippen MR) is 66.3 cm³/mol. The molecule has 1 unspecified atom stereocenters. The lowest BCUT2D eigenvalue weighted by Crippen LogP contribution is -2.42. The van der Waals surface area contributed by atoms with Crippen LogP contribution in [0.2, 0.25) is 0 Å². The summed E-state index contributed by atoms with van der Waals surface area (Å²) < 4.78 is 10.3. The summed E-state index contributed by atoms with van der Waals surface area (Å²) in [4.78, 5) is 18.0. The minimum absolute atomic E-state index is 0.0469. The minimum atomic E-state index is -0.568. The van der Waals surface area contributed by atoms with Crippen molar-refractivity contribution in [2.45, 2.75) is 6.10 Å². The van der Waals surface area contributed by atoms with Crippen LogP contribution in [-0.4, -0.2) is 54.3 Å². The maximum absolute atomic E-state index is 11.0. The van der Waals surface area contributed by atoms with E-state index in [1.165, 1.54) is 13.4 Å². The van der Waals surface area contributed by atoms with Gasteiger partial charge in [0.1, 0.15) is 6.33 Å². The average molecular weight is 269 g/mol. The highest BCUT2D eigenvalue weighted by molar-refractivity contribution is 5.61. The van der Waals surface area contributed by atoms with E-state index in [0.717, 1.165) is 6.54 Å². The van der Waals surface area contributed by atoms with Gasteiger partial charge in [-0.25, -0.2) is 4.98 Å². The van der Waals surface area contributed by atoms with Gasteiger partial charge >= 0.3 is 5.69 Å². The molecule has 2 rings (SSSR count). The van der Waals surface area contributed by atoms with E-state index in [1.807, 2.05) is 0 Å². The van der Waals surface area contributed by atoms with Crippen LogP contribution in [0, 0.1) is 10.1 Å². The fourth-order valence-electron chi connectivity index (χ4n) is 1.77. The Balaban J connectivity index is 2.08. The van der Waals surface area contributed by atoms with Gasteiger partial charge < -0.3 is 20.1 Å². The fourth-order valence-corrected chi connectivity index (χ4v) is 1.77. The number of hydrogen-bond acceptors (Lipinski definition) is 8. The molecule has 1 aromatic rings. The lowest BCUT2D eigenvalue weighted by Gasteiger charge is -2.23. The third-order valence-corrected chi connectivity index (χ3v) is 2.67. The molecule has 0 aliphatic carbocycles. The highest BCUT2D eigenvalue weighted by Gasteiger charge is 2.24. The molecule has 0 spiro atoms. The van der Waals surface area contributed by atoms with Crippen molar-refractivity contribution in [1.29, 1.82) is 0 Å². The summed E-state index contributed by atoms with van der Waals surface area (Å²) in [5.41, 5.74) is -0.270. The molecule has 2 heterocycles. The number of rotatable bonds is 5. The van der Waals surface area contributed by atoms with E-state index in [1.54, 1.807) is 0 Å². The van der Waals surface area contributed by atoms with Gasteiger partial charge in [-0.05, 0) is 0 Å². The third-order valence-electron chi connectivity index (χ3n) is 2.67. The summed E-state index contributed by atoms with van der Waals surface area (Å²) in [5, 5.41) is 17.1. The monoisotopic (exact) mass is 269 g/mol. The van der Waals surface area contributed by atoms with E-state index < -0.39 is 4.92 Å². The van der Waals surface area contributed by atoms with Crippen molar-refractivity contribution in [3.63, 3.8) is 0 Å². The highest BCUT2D eigenvalue weighted by atomic mass is 16.6. The largest absolute Gasteiger partial charge is 0.476 e. The summed E-state index contributed by atoms with van der Waals surface area (Å²) in [6.07, 6.45) is 1.17. The number of hydrogen-bond donors (Lipinski definition) is 2. The smallest absolute Gasteiger partial charge is 0.372 e. The van der Waals surface area contributed by atoms with Crippen molar-refractivity contribution in [2.75, 3.05) is 38.7 Å². The number of ether oxygens (including phenoxy) is 2. The zero-order chi connectivity index (χ0) is 13.7. The Morgan fingerprint density at radius 1 is 1.68 bits per heavy atom. The Kier molecular flexibility index (Phi) is 4.42. The van der Waals surface area contributed by atoms with E-state index in [2.05, 4.69) is 20.6 Å². The van der Waals surface area contributed by atoms with Crippen molar-refractivity contribution in [3.8, 4) is 5.88 Å². The van der Waals surface area contributed by atoms with Crippen molar-refractivity contribution in [2.24, 2.45) is 0 Å². The predicted octanol–water partition coefficient (Wildman–Crippen LogP) is -0.206. The molecule has 0 radical (unpaired) electrons.